The van der Waals surface area contributed by atoms with Crippen molar-refractivity contribution in [2.24, 2.45) is 0 Å². The fourth-order valence-corrected chi connectivity index (χ4v) is 1.81. The third kappa shape index (κ3) is 3.60. The highest BCUT2D eigenvalue weighted by Crippen LogP contribution is 2.17. The molecule has 0 saturated carbocycles. The summed E-state index contributed by atoms with van der Waals surface area (Å²) in [6.07, 6.45) is 0. The van der Waals surface area contributed by atoms with Crippen LogP contribution < -0.4 is 10.1 Å². The molecule has 0 fully saturated rings. The number of rotatable bonds is 4. The zero-order valence-corrected chi connectivity index (χ0v) is 11.8. The Kier molecular flexibility index (Phi) is 4.56. The molecule has 0 aromatic heterocycles. The first kappa shape index (κ1) is 14.6. The van der Waals surface area contributed by atoms with E-state index in [0.29, 0.717) is 22.6 Å². The Bertz CT molecular complexity index is 667. The molecule has 108 valence electrons. The Labute approximate surface area is 122 Å². The first-order valence-electron chi connectivity index (χ1n) is 6.28. The van der Waals surface area contributed by atoms with Crippen LogP contribution in [0.5, 0.6) is 5.75 Å². The lowest BCUT2D eigenvalue weighted by Crippen LogP contribution is -2.13. The van der Waals surface area contributed by atoms with Crippen LogP contribution in [0.2, 0.25) is 0 Å². The highest BCUT2D eigenvalue weighted by Gasteiger charge is 2.11. The maximum atomic E-state index is 12.2. The number of hydrogen-bond acceptors (Lipinski definition) is 4. The van der Waals surface area contributed by atoms with Gasteiger partial charge >= 0.3 is 5.97 Å². The number of nitrogens with one attached hydrogen (secondary N) is 1. The van der Waals surface area contributed by atoms with Crippen molar-refractivity contribution in [2.45, 2.75) is 0 Å². The van der Waals surface area contributed by atoms with Gasteiger partial charge < -0.3 is 14.8 Å². The normalized spacial score (nSPS) is 9.81. The van der Waals surface area contributed by atoms with Gasteiger partial charge in [-0.2, -0.15) is 0 Å². The second-order valence-corrected chi connectivity index (χ2v) is 4.26. The molecule has 2 rings (SSSR count). The van der Waals surface area contributed by atoms with Gasteiger partial charge in [0.15, 0.2) is 0 Å². The van der Waals surface area contributed by atoms with E-state index in [2.05, 4.69) is 10.1 Å². The minimum Gasteiger partial charge on any atom is -0.497 e. The van der Waals surface area contributed by atoms with Gasteiger partial charge in [-0.1, -0.05) is 12.1 Å². The summed E-state index contributed by atoms with van der Waals surface area (Å²) in [5, 5.41) is 2.75. The van der Waals surface area contributed by atoms with Crippen LogP contribution in [0.25, 0.3) is 0 Å². The fraction of sp³-hybridized carbons (Fsp3) is 0.125. The van der Waals surface area contributed by atoms with Crippen LogP contribution in [0.1, 0.15) is 20.7 Å². The molecule has 0 aliphatic rings. The molecule has 2 aromatic rings. The van der Waals surface area contributed by atoms with Crippen LogP contribution >= 0.6 is 0 Å². The molecular formula is C16H15NO4. The number of hydrogen-bond donors (Lipinski definition) is 1. The molecule has 0 aliphatic carbocycles. The van der Waals surface area contributed by atoms with Crippen molar-refractivity contribution in [3.05, 3.63) is 59.7 Å². The number of amides is 1. The summed E-state index contributed by atoms with van der Waals surface area (Å²) in [6, 6.07) is 13.4. The molecule has 0 atom stereocenters. The Morgan fingerprint density at radius 2 is 1.67 bits per heavy atom. The average Bonchev–Trinajstić information content (AvgIpc) is 2.54. The van der Waals surface area contributed by atoms with Crippen molar-refractivity contribution in [2.75, 3.05) is 19.5 Å². The van der Waals surface area contributed by atoms with Gasteiger partial charge in [-0.3, -0.25) is 4.79 Å². The molecule has 5 nitrogen and oxygen atoms in total. The summed E-state index contributed by atoms with van der Waals surface area (Å²) in [6.45, 7) is 0. The number of carbonyl (C=O) groups excluding carboxylic acids is 2. The summed E-state index contributed by atoms with van der Waals surface area (Å²) in [5.74, 6) is -0.142. The molecule has 0 saturated heterocycles. The summed E-state index contributed by atoms with van der Waals surface area (Å²) in [4.78, 5) is 23.6. The third-order valence-electron chi connectivity index (χ3n) is 2.87. The van der Waals surface area contributed by atoms with Crippen molar-refractivity contribution < 1.29 is 19.1 Å². The first-order valence-corrected chi connectivity index (χ1v) is 6.28. The number of anilines is 1. The fourth-order valence-electron chi connectivity index (χ4n) is 1.81. The van der Waals surface area contributed by atoms with E-state index in [9.17, 15) is 9.59 Å². The number of ether oxygens (including phenoxy) is 2. The molecule has 5 heteroatoms. The Morgan fingerprint density at radius 1 is 0.952 bits per heavy atom. The van der Waals surface area contributed by atoms with Crippen molar-refractivity contribution in [3.63, 3.8) is 0 Å². The number of carbonyl (C=O) groups is 2. The molecule has 0 spiro atoms. The molecule has 0 unspecified atom stereocenters. The monoisotopic (exact) mass is 285 g/mol. The molecule has 0 heterocycles. The predicted molar refractivity (Wildman–Crippen MR) is 78.7 cm³/mol. The van der Waals surface area contributed by atoms with Crippen LogP contribution in [0.15, 0.2) is 48.5 Å². The number of esters is 1. The summed E-state index contributed by atoms with van der Waals surface area (Å²) in [7, 11) is 2.85. The molecule has 1 amide bonds. The maximum absolute atomic E-state index is 12.2. The van der Waals surface area contributed by atoms with E-state index < -0.39 is 5.97 Å². The molecule has 0 radical (unpaired) electrons. The van der Waals surface area contributed by atoms with Gasteiger partial charge in [-0.15, -0.1) is 0 Å². The van der Waals surface area contributed by atoms with Gasteiger partial charge in [0.1, 0.15) is 5.75 Å². The summed E-state index contributed by atoms with van der Waals surface area (Å²) in [5.41, 5.74) is 1.32. The molecule has 21 heavy (non-hydrogen) atoms. The van der Waals surface area contributed by atoms with E-state index >= 15 is 0 Å². The van der Waals surface area contributed by atoms with Crippen LogP contribution in [0.4, 0.5) is 5.69 Å². The van der Waals surface area contributed by atoms with Gasteiger partial charge in [0.05, 0.1) is 19.8 Å². The smallest absolute Gasteiger partial charge is 0.337 e. The van der Waals surface area contributed by atoms with Crippen LogP contribution in [-0.2, 0) is 4.74 Å². The lowest BCUT2D eigenvalue weighted by molar-refractivity contribution is 0.0600. The van der Waals surface area contributed by atoms with Gasteiger partial charge in [0, 0.05) is 17.3 Å². The van der Waals surface area contributed by atoms with Crippen LogP contribution in [0.3, 0.4) is 0 Å². The van der Waals surface area contributed by atoms with Crippen LogP contribution in [-0.4, -0.2) is 26.1 Å². The average molecular weight is 285 g/mol. The van der Waals surface area contributed by atoms with Crippen molar-refractivity contribution in [3.8, 4) is 5.75 Å². The Hall–Kier alpha value is -2.82. The standard InChI is InChI=1S/C16H15NO4/c1-20-14-8-4-7-13(10-14)17-15(18)11-5-3-6-12(9-11)16(19)21-2/h3-10H,1-2H3,(H,17,18). The highest BCUT2D eigenvalue weighted by molar-refractivity contribution is 6.05. The van der Waals surface area contributed by atoms with Crippen molar-refractivity contribution >= 4 is 17.6 Å². The van der Waals surface area contributed by atoms with E-state index in [1.807, 2.05) is 0 Å². The summed E-state index contributed by atoms with van der Waals surface area (Å²) < 4.78 is 9.73. The van der Waals surface area contributed by atoms with E-state index in [0.717, 1.165) is 0 Å². The first-order chi connectivity index (χ1) is 10.1. The predicted octanol–water partition coefficient (Wildman–Crippen LogP) is 2.73. The van der Waals surface area contributed by atoms with E-state index in [1.54, 1.807) is 49.6 Å². The molecule has 0 aliphatic heterocycles. The van der Waals surface area contributed by atoms with Gasteiger partial charge in [-0.25, -0.2) is 4.79 Å². The quantitative estimate of drug-likeness (QED) is 0.877. The van der Waals surface area contributed by atoms with Gasteiger partial charge in [-0.05, 0) is 30.3 Å². The minimum atomic E-state index is -0.481. The van der Waals surface area contributed by atoms with Gasteiger partial charge in [0.25, 0.3) is 5.91 Å². The molecular weight excluding hydrogens is 270 g/mol. The topological polar surface area (TPSA) is 64.6 Å². The number of benzene rings is 2. The largest absolute Gasteiger partial charge is 0.497 e. The third-order valence-corrected chi connectivity index (χ3v) is 2.87. The molecule has 2 aromatic carbocycles. The highest BCUT2D eigenvalue weighted by atomic mass is 16.5. The zero-order valence-electron chi connectivity index (χ0n) is 11.8. The lowest BCUT2D eigenvalue weighted by atomic mass is 10.1. The molecule has 1 N–H and O–H groups in total. The second-order valence-electron chi connectivity index (χ2n) is 4.26. The lowest BCUT2D eigenvalue weighted by Gasteiger charge is -2.08. The van der Waals surface area contributed by atoms with E-state index in [1.165, 1.54) is 13.2 Å². The maximum Gasteiger partial charge on any atom is 0.337 e. The molecule has 0 bridgehead atoms. The van der Waals surface area contributed by atoms with Crippen molar-refractivity contribution in [1.82, 2.24) is 0 Å². The zero-order chi connectivity index (χ0) is 15.2. The number of methoxy groups -OCH3 is 2. The van der Waals surface area contributed by atoms with Crippen LogP contribution in [0, 0.1) is 0 Å². The summed E-state index contributed by atoms with van der Waals surface area (Å²) >= 11 is 0. The van der Waals surface area contributed by atoms with Crippen molar-refractivity contribution in [1.29, 1.82) is 0 Å². The van der Waals surface area contributed by atoms with E-state index in [4.69, 9.17) is 4.74 Å². The minimum absolute atomic E-state index is 0.311. The Balaban J connectivity index is 2.18. The second kappa shape index (κ2) is 6.56. The van der Waals surface area contributed by atoms with E-state index in [-0.39, 0.29) is 5.91 Å². The SMILES string of the molecule is COC(=O)c1cccc(C(=O)Nc2cccc(OC)c2)c1. The van der Waals surface area contributed by atoms with Gasteiger partial charge in [0.2, 0.25) is 0 Å². The Morgan fingerprint density at radius 3 is 2.38 bits per heavy atom.